The van der Waals surface area contributed by atoms with Gasteiger partial charge >= 0.3 is 0 Å². The molecule has 14 heavy (non-hydrogen) atoms. The first-order valence-corrected chi connectivity index (χ1v) is 4.67. The van der Waals surface area contributed by atoms with E-state index in [1.54, 1.807) is 13.3 Å². The summed E-state index contributed by atoms with van der Waals surface area (Å²) >= 11 is 0. The summed E-state index contributed by atoms with van der Waals surface area (Å²) in [4.78, 5) is 3.90. The standard InChI is InChI=1S/C12H16N2/c1-11(8-13-2)9-14-10-12-6-4-3-5-7-12/h3-8,14H,1,9-10H2,2H3/b13-8-. The predicted octanol–water partition coefficient (Wildman–Crippen LogP) is 2.03. The fraction of sp³-hybridized carbons (Fsp3) is 0.250. The number of nitrogens with zero attached hydrogens (tertiary/aromatic N) is 1. The molecule has 0 saturated heterocycles. The predicted molar refractivity (Wildman–Crippen MR) is 61.7 cm³/mol. The molecule has 0 aliphatic carbocycles. The molecule has 0 aliphatic rings. The highest BCUT2D eigenvalue weighted by atomic mass is 14.8. The van der Waals surface area contributed by atoms with Crippen molar-refractivity contribution in [3.8, 4) is 0 Å². The number of benzene rings is 1. The van der Waals surface area contributed by atoms with Crippen LogP contribution >= 0.6 is 0 Å². The molecule has 74 valence electrons. The fourth-order valence-corrected chi connectivity index (χ4v) is 1.19. The van der Waals surface area contributed by atoms with E-state index >= 15 is 0 Å². The first-order chi connectivity index (χ1) is 6.83. The molecule has 0 heterocycles. The SMILES string of the molecule is C=C(/C=N\C)CNCc1ccccc1. The van der Waals surface area contributed by atoms with Gasteiger partial charge in [-0.05, 0) is 11.1 Å². The third kappa shape index (κ3) is 4.01. The third-order valence-electron chi connectivity index (χ3n) is 1.84. The minimum absolute atomic E-state index is 0.784. The summed E-state index contributed by atoms with van der Waals surface area (Å²) in [6.07, 6.45) is 1.78. The lowest BCUT2D eigenvalue weighted by molar-refractivity contribution is 0.753. The molecule has 0 bridgehead atoms. The molecule has 2 nitrogen and oxygen atoms in total. The average Bonchev–Trinajstić information content (AvgIpc) is 2.20. The van der Waals surface area contributed by atoms with Crippen molar-refractivity contribution in [2.24, 2.45) is 4.99 Å². The molecular formula is C12H16N2. The van der Waals surface area contributed by atoms with Gasteiger partial charge in [-0.3, -0.25) is 4.99 Å². The maximum atomic E-state index is 3.90. The normalized spacial score (nSPS) is 10.6. The molecule has 0 spiro atoms. The van der Waals surface area contributed by atoms with Crippen LogP contribution in [0.15, 0.2) is 47.5 Å². The Kier molecular flexibility index (Phi) is 4.65. The van der Waals surface area contributed by atoms with E-state index in [1.807, 2.05) is 18.2 Å². The van der Waals surface area contributed by atoms with Gasteiger partial charge in [-0.1, -0.05) is 36.9 Å². The van der Waals surface area contributed by atoms with Crippen LogP contribution in [0.2, 0.25) is 0 Å². The molecule has 0 aromatic heterocycles. The van der Waals surface area contributed by atoms with Crippen LogP contribution in [0.3, 0.4) is 0 Å². The summed E-state index contributed by atoms with van der Waals surface area (Å²) in [6, 6.07) is 10.3. The first kappa shape index (κ1) is 10.7. The zero-order chi connectivity index (χ0) is 10.2. The van der Waals surface area contributed by atoms with E-state index in [4.69, 9.17) is 0 Å². The molecule has 1 rings (SSSR count). The Balaban J connectivity index is 2.25. The summed E-state index contributed by atoms with van der Waals surface area (Å²) in [7, 11) is 1.75. The van der Waals surface area contributed by atoms with Gasteiger partial charge in [0.2, 0.25) is 0 Å². The molecular weight excluding hydrogens is 172 g/mol. The van der Waals surface area contributed by atoms with Crippen LogP contribution in [0.25, 0.3) is 0 Å². The van der Waals surface area contributed by atoms with Crippen molar-refractivity contribution >= 4 is 6.21 Å². The Bertz CT molecular complexity index is 301. The van der Waals surface area contributed by atoms with Gasteiger partial charge in [0.25, 0.3) is 0 Å². The highest BCUT2D eigenvalue weighted by Crippen LogP contribution is 1.97. The van der Waals surface area contributed by atoms with Crippen LogP contribution in [0.4, 0.5) is 0 Å². The zero-order valence-electron chi connectivity index (χ0n) is 8.53. The highest BCUT2D eigenvalue weighted by Gasteiger charge is 1.91. The summed E-state index contributed by atoms with van der Waals surface area (Å²) < 4.78 is 0. The van der Waals surface area contributed by atoms with Crippen LogP contribution in [0.5, 0.6) is 0 Å². The Labute approximate surface area is 85.4 Å². The van der Waals surface area contributed by atoms with Crippen LogP contribution in [-0.4, -0.2) is 19.8 Å². The molecule has 0 fully saturated rings. The summed E-state index contributed by atoms with van der Waals surface area (Å²) in [5, 5.41) is 3.30. The van der Waals surface area contributed by atoms with Gasteiger partial charge < -0.3 is 5.32 Å². The van der Waals surface area contributed by atoms with Crippen LogP contribution in [0.1, 0.15) is 5.56 Å². The van der Waals surface area contributed by atoms with Crippen LogP contribution in [0, 0.1) is 0 Å². The van der Waals surface area contributed by atoms with Crippen LogP contribution < -0.4 is 5.32 Å². The minimum atomic E-state index is 0.784. The Morgan fingerprint density at radius 1 is 1.43 bits per heavy atom. The lowest BCUT2D eigenvalue weighted by Gasteiger charge is -2.03. The minimum Gasteiger partial charge on any atom is -0.309 e. The van der Waals surface area contributed by atoms with Crippen molar-refractivity contribution in [3.05, 3.63) is 48.0 Å². The van der Waals surface area contributed by atoms with Gasteiger partial charge in [-0.2, -0.15) is 0 Å². The van der Waals surface area contributed by atoms with E-state index in [2.05, 4.69) is 29.0 Å². The van der Waals surface area contributed by atoms with E-state index in [0.717, 1.165) is 18.7 Å². The van der Waals surface area contributed by atoms with E-state index in [-0.39, 0.29) is 0 Å². The first-order valence-electron chi connectivity index (χ1n) is 4.67. The lowest BCUT2D eigenvalue weighted by Crippen LogP contribution is -2.16. The quantitative estimate of drug-likeness (QED) is 0.702. The maximum absolute atomic E-state index is 3.90. The Hall–Kier alpha value is -1.41. The largest absolute Gasteiger partial charge is 0.309 e. The van der Waals surface area contributed by atoms with Crippen molar-refractivity contribution in [1.29, 1.82) is 0 Å². The zero-order valence-corrected chi connectivity index (χ0v) is 8.53. The molecule has 1 N–H and O–H groups in total. The Morgan fingerprint density at radius 2 is 2.14 bits per heavy atom. The lowest BCUT2D eigenvalue weighted by atomic mass is 10.2. The van der Waals surface area contributed by atoms with Gasteiger partial charge in [-0.25, -0.2) is 0 Å². The van der Waals surface area contributed by atoms with Crippen molar-refractivity contribution in [2.45, 2.75) is 6.54 Å². The fourth-order valence-electron chi connectivity index (χ4n) is 1.19. The third-order valence-corrected chi connectivity index (χ3v) is 1.84. The number of hydrogen-bond donors (Lipinski definition) is 1. The molecule has 1 aromatic rings. The van der Waals surface area contributed by atoms with E-state index in [9.17, 15) is 0 Å². The summed E-state index contributed by atoms with van der Waals surface area (Å²) in [6.45, 7) is 5.52. The van der Waals surface area contributed by atoms with E-state index < -0.39 is 0 Å². The van der Waals surface area contributed by atoms with Crippen molar-refractivity contribution in [2.75, 3.05) is 13.6 Å². The second-order valence-corrected chi connectivity index (χ2v) is 3.13. The van der Waals surface area contributed by atoms with Gasteiger partial charge in [0, 0.05) is 26.4 Å². The maximum Gasteiger partial charge on any atom is 0.0277 e. The molecule has 0 radical (unpaired) electrons. The molecule has 0 saturated carbocycles. The number of aliphatic imine (C=N–C) groups is 1. The van der Waals surface area contributed by atoms with E-state index in [0.29, 0.717) is 0 Å². The van der Waals surface area contributed by atoms with Gasteiger partial charge in [0.1, 0.15) is 0 Å². The van der Waals surface area contributed by atoms with Crippen molar-refractivity contribution in [1.82, 2.24) is 5.32 Å². The van der Waals surface area contributed by atoms with Crippen molar-refractivity contribution in [3.63, 3.8) is 0 Å². The second kappa shape index (κ2) is 6.11. The monoisotopic (exact) mass is 188 g/mol. The molecule has 2 heteroatoms. The van der Waals surface area contributed by atoms with Crippen molar-refractivity contribution < 1.29 is 0 Å². The number of hydrogen-bond acceptors (Lipinski definition) is 2. The summed E-state index contributed by atoms with van der Waals surface area (Å²) in [5.74, 6) is 0. The molecule has 0 aliphatic heterocycles. The second-order valence-electron chi connectivity index (χ2n) is 3.13. The van der Waals surface area contributed by atoms with Crippen LogP contribution in [-0.2, 0) is 6.54 Å². The Morgan fingerprint density at radius 3 is 2.79 bits per heavy atom. The molecule has 0 amide bonds. The highest BCUT2D eigenvalue weighted by molar-refractivity contribution is 5.77. The van der Waals surface area contributed by atoms with Gasteiger partial charge in [0.05, 0.1) is 0 Å². The average molecular weight is 188 g/mol. The molecule has 0 atom stereocenters. The molecule has 0 unspecified atom stereocenters. The van der Waals surface area contributed by atoms with Gasteiger partial charge in [-0.15, -0.1) is 0 Å². The number of nitrogens with one attached hydrogen (secondary N) is 1. The van der Waals surface area contributed by atoms with E-state index in [1.165, 1.54) is 5.56 Å². The molecule has 1 aromatic carbocycles. The van der Waals surface area contributed by atoms with Gasteiger partial charge in [0.15, 0.2) is 0 Å². The number of rotatable bonds is 5. The summed E-state index contributed by atoms with van der Waals surface area (Å²) in [5.41, 5.74) is 2.29. The smallest absolute Gasteiger partial charge is 0.0277 e. The topological polar surface area (TPSA) is 24.4 Å².